The van der Waals surface area contributed by atoms with Crippen LogP contribution in [-0.2, 0) is 14.8 Å². The van der Waals surface area contributed by atoms with Crippen molar-refractivity contribution in [1.82, 2.24) is 15.1 Å². The number of carbonyl (C=O) groups excluding carboxylic acids is 1. The van der Waals surface area contributed by atoms with Gasteiger partial charge >= 0.3 is 0 Å². The molecule has 0 aliphatic carbocycles. The van der Waals surface area contributed by atoms with E-state index in [4.69, 9.17) is 0 Å². The third-order valence-corrected chi connectivity index (χ3v) is 5.04. The monoisotopic (exact) mass is 340 g/mol. The number of likely N-dealkylation sites (N-methyl/N-ethyl adjacent to an activating group) is 1. The van der Waals surface area contributed by atoms with E-state index < -0.39 is 10.0 Å². The quantitative estimate of drug-likeness (QED) is 0.813. The van der Waals surface area contributed by atoms with Crippen molar-refractivity contribution in [3.8, 4) is 10.6 Å². The number of carbonyl (C=O) groups is 1. The highest BCUT2D eigenvalue weighted by molar-refractivity contribution is 7.92. The van der Waals surface area contributed by atoms with Gasteiger partial charge in [-0.25, -0.2) is 12.7 Å². The van der Waals surface area contributed by atoms with Gasteiger partial charge in [-0.2, -0.15) is 0 Å². The maximum atomic E-state index is 11.9. The third-order valence-electron chi connectivity index (χ3n) is 2.83. The predicted molar refractivity (Wildman–Crippen MR) is 86.2 cm³/mol. The van der Waals surface area contributed by atoms with Gasteiger partial charge in [0.15, 0.2) is 0 Å². The topological polar surface area (TPSA) is 83.5 Å². The van der Waals surface area contributed by atoms with Crippen molar-refractivity contribution in [3.05, 3.63) is 30.3 Å². The molecule has 1 aromatic heterocycles. The number of nitrogens with zero attached hydrogens (tertiary/aromatic N) is 4. The Morgan fingerprint density at radius 2 is 1.82 bits per heavy atom. The molecule has 0 aliphatic rings. The number of hydrogen-bond acceptors (Lipinski definition) is 6. The Morgan fingerprint density at radius 1 is 1.18 bits per heavy atom. The number of benzene rings is 1. The summed E-state index contributed by atoms with van der Waals surface area (Å²) in [6, 6.07) is 9.32. The fraction of sp³-hybridized carbons (Fsp3) is 0.308. The predicted octanol–water partition coefficient (Wildman–Crippen LogP) is 1.06. The number of hydrogen-bond donors (Lipinski definition) is 0. The minimum absolute atomic E-state index is 0.177. The van der Waals surface area contributed by atoms with E-state index in [9.17, 15) is 13.2 Å². The molecule has 1 aromatic carbocycles. The van der Waals surface area contributed by atoms with Crippen molar-refractivity contribution in [2.75, 3.05) is 31.2 Å². The molecular formula is C13H16N4O3S2. The molecular weight excluding hydrogens is 324 g/mol. The first-order valence-electron chi connectivity index (χ1n) is 6.36. The van der Waals surface area contributed by atoms with Gasteiger partial charge in [0.2, 0.25) is 21.1 Å². The van der Waals surface area contributed by atoms with Crippen LogP contribution in [0.25, 0.3) is 10.6 Å². The van der Waals surface area contributed by atoms with Crippen molar-refractivity contribution in [1.29, 1.82) is 0 Å². The van der Waals surface area contributed by atoms with Crippen LogP contribution in [0.2, 0.25) is 0 Å². The average Bonchev–Trinajstić information content (AvgIpc) is 2.93. The first-order valence-corrected chi connectivity index (χ1v) is 9.02. The Kier molecular flexibility index (Phi) is 4.77. The van der Waals surface area contributed by atoms with Gasteiger partial charge in [0.25, 0.3) is 0 Å². The number of rotatable bonds is 5. The van der Waals surface area contributed by atoms with Crippen LogP contribution in [0.5, 0.6) is 0 Å². The lowest BCUT2D eigenvalue weighted by molar-refractivity contribution is -0.127. The molecule has 1 heterocycles. The van der Waals surface area contributed by atoms with Gasteiger partial charge < -0.3 is 4.90 Å². The molecule has 118 valence electrons. The lowest BCUT2D eigenvalue weighted by atomic mass is 10.2. The van der Waals surface area contributed by atoms with E-state index in [0.29, 0.717) is 5.01 Å². The zero-order valence-corrected chi connectivity index (χ0v) is 14.1. The van der Waals surface area contributed by atoms with Crippen molar-refractivity contribution in [3.63, 3.8) is 0 Å². The average molecular weight is 340 g/mol. The summed E-state index contributed by atoms with van der Waals surface area (Å²) in [6.45, 7) is -0.296. The Morgan fingerprint density at radius 3 is 2.36 bits per heavy atom. The molecule has 0 saturated carbocycles. The molecule has 22 heavy (non-hydrogen) atoms. The highest BCUT2D eigenvalue weighted by Crippen LogP contribution is 2.29. The van der Waals surface area contributed by atoms with Crippen molar-refractivity contribution in [2.24, 2.45) is 0 Å². The molecule has 2 rings (SSSR count). The summed E-state index contributed by atoms with van der Waals surface area (Å²) in [5, 5.41) is 8.70. The largest absolute Gasteiger partial charge is 0.347 e. The summed E-state index contributed by atoms with van der Waals surface area (Å²) in [6.07, 6.45) is 1.04. The summed E-state index contributed by atoms with van der Waals surface area (Å²) < 4.78 is 24.8. The summed E-state index contributed by atoms with van der Waals surface area (Å²) in [5.41, 5.74) is 0.846. The number of anilines is 1. The molecule has 0 unspecified atom stereocenters. The zero-order chi connectivity index (χ0) is 16.3. The molecule has 1 amide bonds. The molecule has 0 radical (unpaired) electrons. The van der Waals surface area contributed by atoms with Gasteiger partial charge in [-0.3, -0.25) is 4.79 Å². The van der Waals surface area contributed by atoms with Gasteiger partial charge in [-0.05, 0) is 0 Å². The molecule has 0 aliphatic heterocycles. The lowest BCUT2D eigenvalue weighted by Gasteiger charge is -2.20. The normalized spacial score (nSPS) is 11.2. The Labute approximate surface area is 133 Å². The zero-order valence-electron chi connectivity index (χ0n) is 12.4. The van der Waals surface area contributed by atoms with E-state index in [2.05, 4.69) is 10.2 Å². The number of aromatic nitrogens is 2. The van der Waals surface area contributed by atoms with Gasteiger partial charge in [-0.1, -0.05) is 41.7 Å². The van der Waals surface area contributed by atoms with Crippen LogP contribution in [0.1, 0.15) is 0 Å². The standard InChI is InChI=1S/C13H16N4O3S2/c1-16(2)11(18)9-17(22(3,19)20)13-15-14-12(21-13)10-7-5-4-6-8-10/h4-8H,9H2,1-3H3. The minimum atomic E-state index is -3.62. The summed E-state index contributed by atoms with van der Waals surface area (Å²) >= 11 is 1.13. The Balaban J connectivity index is 2.34. The van der Waals surface area contributed by atoms with Crippen LogP contribution < -0.4 is 4.31 Å². The highest BCUT2D eigenvalue weighted by Gasteiger charge is 2.25. The van der Waals surface area contributed by atoms with E-state index in [1.807, 2.05) is 30.3 Å². The Bertz CT molecular complexity index is 757. The van der Waals surface area contributed by atoms with E-state index in [0.717, 1.165) is 27.5 Å². The lowest BCUT2D eigenvalue weighted by Crippen LogP contribution is -2.39. The molecule has 9 heteroatoms. The molecule has 0 atom stereocenters. The van der Waals surface area contributed by atoms with E-state index >= 15 is 0 Å². The van der Waals surface area contributed by atoms with E-state index in [-0.39, 0.29) is 17.6 Å². The van der Waals surface area contributed by atoms with Crippen molar-refractivity contribution < 1.29 is 13.2 Å². The van der Waals surface area contributed by atoms with Gasteiger partial charge in [0, 0.05) is 19.7 Å². The van der Waals surface area contributed by atoms with Crippen LogP contribution in [0.4, 0.5) is 5.13 Å². The molecule has 0 bridgehead atoms. The molecule has 2 aromatic rings. The maximum absolute atomic E-state index is 11.9. The fourth-order valence-corrected chi connectivity index (χ4v) is 3.54. The van der Waals surface area contributed by atoms with E-state index in [1.54, 1.807) is 14.1 Å². The molecule has 0 N–H and O–H groups in total. The second-order valence-electron chi connectivity index (χ2n) is 4.81. The van der Waals surface area contributed by atoms with Crippen LogP contribution >= 0.6 is 11.3 Å². The van der Waals surface area contributed by atoms with E-state index in [1.165, 1.54) is 4.90 Å². The second-order valence-corrected chi connectivity index (χ2v) is 7.68. The van der Waals surface area contributed by atoms with Crippen LogP contribution in [-0.4, -0.2) is 56.3 Å². The SMILES string of the molecule is CN(C)C(=O)CN(c1nnc(-c2ccccc2)s1)S(C)(=O)=O. The van der Waals surface area contributed by atoms with Crippen molar-refractivity contribution in [2.45, 2.75) is 0 Å². The van der Waals surface area contributed by atoms with Crippen LogP contribution in [0.15, 0.2) is 30.3 Å². The molecule has 0 spiro atoms. The van der Waals surface area contributed by atoms with Gasteiger partial charge in [-0.15, -0.1) is 10.2 Å². The smallest absolute Gasteiger partial charge is 0.242 e. The molecule has 7 nitrogen and oxygen atoms in total. The summed E-state index contributed by atoms with van der Waals surface area (Å²) in [4.78, 5) is 13.2. The maximum Gasteiger partial charge on any atom is 0.242 e. The molecule has 0 saturated heterocycles. The first-order chi connectivity index (χ1) is 10.3. The van der Waals surface area contributed by atoms with Gasteiger partial charge in [0.1, 0.15) is 11.6 Å². The third kappa shape index (κ3) is 3.80. The molecule has 0 fully saturated rings. The summed E-state index contributed by atoms with van der Waals surface area (Å²) in [5.74, 6) is -0.332. The highest BCUT2D eigenvalue weighted by atomic mass is 32.2. The number of sulfonamides is 1. The second kappa shape index (κ2) is 6.41. The van der Waals surface area contributed by atoms with Crippen LogP contribution in [0, 0.1) is 0 Å². The number of amides is 1. The van der Waals surface area contributed by atoms with Crippen LogP contribution in [0.3, 0.4) is 0 Å². The fourth-order valence-electron chi connectivity index (χ4n) is 1.60. The Hall–Kier alpha value is -2.00. The minimum Gasteiger partial charge on any atom is -0.347 e. The summed E-state index contributed by atoms with van der Waals surface area (Å²) in [7, 11) is -0.486. The van der Waals surface area contributed by atoms with Crippen molar-refractivity contribution >= 4 is 32.4 Å². The van der Waals surface area contributed by atoms with Gasteiger partial charge in [0.05, 0.1) is 6.26 Å². The first kappa shape index (κ1) is 16.4.